The first-order valence-corrected chi connectivity index (χ1v) is 6.21. The molecule has 0 aromatic carbocycles. The Morgan fingerprint density at radius 3 is 2.68 bits per heavy atom. The minimum Gasteiger partial charge on any atom is -0.480 e. The highest BCUT2D eigenvalue weighted by atomic mass is 32.1. The molecule has 3 amide bonds. The molecule has 0 saturated carbocycles. The molecule has 8 nitrogen and oxygen atoms in total. The number of nitrogens with two attached hydrogens (primary N) is 1. The topological polar surface area (TPSA) is 134 Å². The van der Waals surface area contributed by atoms with E-state index in [0.29, 0.717) is 5.13 Å². The van der Waals surface area contributed by atoms with Crippen LogP contribution in [0.3, 0.4) is 0 Å². The second kappa shape index (κ2) is 6.69. The maximum atomic E-state index is 11.5. The number of urea groups is 1. The highest BCUT2D eigenvalue weighted by Gasteiger charge is 2.20. The summed E-state index contributed by atoms with van der Waals surface area (Å²) in [4.78, 5) is 37.9. The van der Waals surface area contributed by atoms with E-state index in [1.807, 2.05) is 6.92 Å². The molecule has 1 aromatic heterocycles. The van der Waals surface area contributed by atoms with Gasteiger partial charge in [-0.25, -0.2) is 14.6 Å². The third-order valence-electron chi connectivity index (χ3n) is 2.12. The Morgan fingerprint density at radius 2 is 2.21 bits per heavy atom. The number of primary amides is 1. The van der Waals surface area contributed by atoms with E-state index >= 15 is 0 Å². The lowest BCUT2D eigenvalue weighted by atomic mass is 10.1. The second-order valence-electron chi connectivity index (χ2n) is 3.77. The zero-order valence-corrected chi connectivity index (χ0v) is 11.0. The zero-order valence-electron chi connectivity index (χ0n) is 10.2. The molecule has 0 spiro atoms. The molecule has 104 valence electrons. The number of hydrogen-bond acceptors (Lipinski definition) is 5. The van der Waals surface area contributed by atoms with E-state index in [1.165, 1.54) is 11.3 Å². The number of carboxylic acids is 1. The number of carboxylic acid groups (broad SMARTS) is 1. The van der Waals surface area contributed by atoms with Crippen molar-refractivity contribution in [2.75, 3.05) is 5.32 Å². The van der Waals surface area contributed by atoms with E-state index in [0.717, 1.165) is 4.88 Å². The van der Waals surface area contributed by atoms with E-state index in [4.69, 9.17) is 10.8 Å². The third-order valence-corrected chi connectivity index (χ3v) is 2.95. The van der Waals surface area contributed by atoms with Gasteiger partial charge in [-0.2, -0.15) is 0 Å². The van der Waals surface area contributed by atoms with Crippen LogP contribution in [0.5, 0.6) is 0 Å². The standard InChI is InChI=1S/C10H14N4O4S/c1-5-4-12-10(19-5)14-9(18)13-6(8(16)17)2-3-7(11)15/h4,6H,2-3H2,1H3,(H2,11,15)(H,16,17)(H2,12,13,14,18)/t6-/m0/s1. The van der Waals surface area contributed by atoms with Crippen molar-refractivity contribution in [3.8, 4) is 0 Å². The molecule has 19 heavy (non-hydrogen) atoms. The van der Waals surface area contributed by atoms with Gasteiger partial charge in [-0.1, -0.05) is 0 Å². The molecule has 0 aliphatic rings. The van der Waals surface area contributed by atoms with E-state index < -0.39 is 23.9 Å². The summed E-state index contributed by atoms with van der Waals surface area (Å²) in [7, 11) is 0. The average molecular weight is 286 g/mol. The molecule has 9 heteroatoms. The minimum absolute atomic E-state index is 0.0605. The second-order valence-corrected chi connectivity index (χ2v) is 5.01. The van der Waals surface area contributed by atoms with Gasteiger partial charge < -0.3 is 16.2 Å². The number of aromatic nitrogens is 1. The van der Waals surface area contributed by atoms with Gasteiger partial charge in [-0.3, -0.25) is 10.1 Å². The lowest BCUT2D eigenvalue weighted by Gasteiger charge is -2.13. The van der Waals surface area contributed by atoms with Crippen LogP contribution in [0.15, 0.2) is 6.20 Å². The van der Waals surface area contributed by atoms with Crippen LogP contribution in [0.4, 0.5) is 9.93 Å². The summed E-state index contributed by atoms with van der Waals surface area (Å²) in [5.41, 5.74) is 4.93. The smallest absolute Gasteiger partial charge is 0.326 e. The number of aryl methyl sites for hydroxylation is 1. The van der Waals surface area contributed by atoms with Crippen LogP contribution in [-0.4, -0.2) is 34.0 Å². The normalized spacial score (nSPS) is 11.6. The van der Waals surface area contributed by atoms with Crippen molar-refractivity contribution in [3.63, 3.8) is 0 Å². The number of anilines is 1. The molecule has 1 heterocycles. The van der Waals surface area contributed by atoms with Crippen LogP contribution < -0.4 is 16.4 Å². The Kier molecular flexibility index (Phi) is 5.24. The molecule has 1 aromatic rings. The van der Waals surface area contributed by atoms with Gasteiger partial charge in [0.15, 0.2) is 5.13 Å². The fourth-order valence-electron chi connectivity index (χ4n) is 1.25. The molecule has 1 atom stereocenters. The predicted molar refractivity (Wildman–Crippen MR) is 68.9 cm³/mol. The molecule has 0 saturated heterocycles. The summed E-state index contributed by atoms with van der Waals surface area (Å²) in [6.07, 6.45) is 1.41. The molecule has 0 unspecified atom stereocenters. The van der Waals surface area contributed by atoms with Crippen molar-refractivity contribution in [3.05, 3.63) is 11.1 Å². The zero-order chi connectivity index (χ0) is 14.4. The van der Waals surface area contributed by atoms with Gasteiger partial charge in [0, 0.05) is 17.5 Å². The lowest BCUT2D eigenvalue weighted by molar-refractivity contribution is -0.139. The minimum atomic E-state index is -1.23. The Hall–Kier alpha value is -2.16. The Balaban J connectivity index is 2.51. The molecular weight excluding hydrogens is 272 g/mol. The van der Waals surface area contributed by atoms with Crippen LogP contribution in [0, 0.1) is 6.92 Å². The Morgan fingerprint density at radius 1 is 1.53 bits per heavy atom. The van der Waals surface area contributed by atoms with Gasteiger partial charge in [0.2, 0.25) is 5.91 Å². The van der Waals surface area contributed by atoms with Crippen molar-refractivity contribution < 1.29 is 19.5 Å². The number of aliphatic carboxylic acids is 1. The van der Waals surface area contributed by atoms with Crippen LogP contribution in [0.1, 0.15) is 17.7 Å². The van der Waals surface area contributed by atoms with Gasteiger partial charge in [0.1, 0.15) is 6.04 Å². The summed E-state index contributed by atoms with van der Waals surface area (Å²) in [6.45, 7) is 1.83. The molecule has 0 bridgehead atoms. The highest BCUT2D eigenvalue weighted by Crippen LogP contribution is 2.16. The number of hydrogen-bond donors (Lipinski definition) is 4. The maximum Gasteiger partial charge on any atom is 0.326 e. The summed E-state index contributed by atoms with van der Waals surface area (Å²) in [5, 5.41) is 13.9. The summed E-state index contributed by atoms with van der Waals surface area (Å²) < 4.78 is 0. The van der Waals surface area contributed by atoms with Crippen molar-refractivity contribution in [1.29, 1.82) is 0 Å². The number of nitrogens with zero attached hydrogens (tertiary/aromatic N) is 1. The SMILES string of the molecule is Cc1cnc(NC(=O)N[C@@H](CCC(N)=O)C(=O)O)s1. The first-order chi connectivity index (χ1) is 8.88. The van der Waals surface area contributed by atoms with E-state index in [-0.39, 0.29) is 12.8 Å². The van der Waals surface area contributed by atoms with Crippen LogP contribution >= 0.6 is 11.3 Å². The number of thiazole rings is 1. The molecule has 0 fully saturated rings. The van der Waals surface area contributed by atoms with Crippen molar-refractivity contribution in [1.82, 2.24) is 10.3 Å². The molecular formula is C10H14N4O4S. The van der Waals surface area contributed by atoms with Crippen LogP contribution in [0.25, 0.3) is 0 Å². The fraction of sp³-hybridized carbons (Fsp3) is 0.400. The van der Waals surface area contributed by atoms with Gasteiger partial charge in [0.05, 0.1) is 0 Å². The number of amides is 3. The van der Waals surface area contributed by atoms with Crippen molar-refractivity contribution >= 4 is 34.4 Å². The number of carbonyl (C=O) groups excluding carboxylic acids is 2. The lowest BCUT2D eigenvalue weighted by Crippen LogP contribution is -2.43. The van der Waals surface area contributed by atoms with Gasteiger partial charge >= 0.3 is 12.0 Å². The van der Waals surface area contributed by atoms with E-state index in [1.54, 1.807) is 6.20 Å². The Bertz CT molecular complexity index is 488. The largest absolute Gasteiger partial charge is 0.480 e. The third kappa shape index (κ3) is 5.34. The number of rotatable bonds is 6. The summed E-state index contributed by atoms with van der Waals surface area (Å²) in [6, 6.07) is -1.86. The average Bonchev–Trinajstić information content (AvgIpc) is 2.69. The molecule has 5 N–H and O–H groups in total. The van der Waals surface area contributed by atoms with Crippen LogP contribution in [0.2, 0.25) is 0 Å². The molecule has 0 aliphatic carbocycles. The molecule has 1 rings (SSSR count). The highest BCUT2D eigenvalue weighted by molar-refractivity contribution is 7.15. The van der Waals surface area contributed by atoms with Crippen molar-refractivity contribution in [2.24, 2.45) is 5.73 Å². The van der Waals surface area contributed by atoms with E-state index in [2.05, 4.69) is 15.6 Å². The monoisotopic (exact) mass is 286 g/mol. The predicted octanol–water partition coefficient (Wildman–Crippen LogP) is 0.292. The first-order valence-electron chi connectivity index (χ1n) is 5.39. The van der Waals surface area contributed by atoms with Gasteiger partial charge in [-0.15, -0.1) is 11.3 Å². The Labute approximate surface area is 113 Å². The quantitative estimate of drug-likeness (QED) is 0.596. The number of nitrogens with one attached hydrogen (secondary N) is 2. The van der Waals surface area contributed by atoms with Gasteiger partial charge in [-0.05, 0) is 13.3 Å². The first kappa shape index (κ1) is 14.9. The van der Waals surface area contributed by atoms with Crippen LogP contribution in [-0.2, 0) is 9.59 Å². The fourth-order valence-corrected chi connectivity index (χ4v) is 1.91. The maximum absolute atomic E-state index is 11.5. The summed E-state index contributed by atoms with van der Waals surface area (Å²) >= 11 is 1.27. The number of carbonyl (C=O) groups is 3. The molecule has 0 aliphatic heterocycles. The summed E-state index contributed by atoms with van der Waals surface area (Å²) in [5.74, 6) is -1.85. The van der Waals surface area contributed by atoms with Gasteiger partial charge in [0.25, 0.3) is 0 Å². The van der Waals surface area contributed by atoms with E-state index in [9.17, 15) is 14.4 Å². The van der Waals surface area contributed by atoms with Crippen molar-refractivity contribution in [2.45, 2.75) is 25.8 Å². The molecule has 0 radical (unpaired) electrons.